The van der Waals surface area contributed by atoms with Gasteiger partial charge in [-0.1, -0.05) is 6.07 Å². The van der Waals surface area contributed by atoms with Crippen molar-refractivity contribution in [2.24, 2.45) is 5.10 Å². The summed E-state index contributed by atoms with van der Waals surface area (Å²) in [5.41, 5.74) is 1.86. The van der Waals surface area contributed by atoms with Crippen LogP contribution in [0.2, 0.25) is 0 Å². The summed E-state index contributed by atoms with van der Waals surface area (Å²) in [5.74, 6) is 1.43. The Bertz CT molecular complexity index is 755. The molecule has 0 unspecified atom stereocenters. The Labute approximate surface area is 131 Å². The largest absolute Gasteiger partial charge is 0.454 e. The van der Waals surface area contributed by atoms with Crippen molar-refractivity contribution in [3.05, 3.63) is 46.2 Å². The van der Waals surface area contributed by atoms with Crippen molar-refractivity contribution in [3.8, 4) is 11.5 Å². The van der Waals surface area contributed by atoms with Crippen molar-refractivity contribution >= 4 is 23.0 Å². The highest BCUT2D eigenvalue weighted by atomic mass is 32.1. The normalized spacial score (nSPS) is 19.4. The van der Waals surface area contributed by atoms with E-state index in [9.17, 15) is 4.79 Å². The Hall–Kier alpha value is -2.34. The van der Waals surface area contributed by atoms with Gasteiger partial charge in [0.2, 0.25) is 12.7 Å². The van der Waals surface area contributed by atoms with E-state index in [1.807, 2.05) is 35.7 Å². The van der Waals surface area contributed by atoms with E-state index in [0.29, 0.717) is 6.42 Å². The van der Waals surface area contributed by atoms with Gasteiger partial charge in [0.05, 0.1) is 11.8 Å². The van der Waals surface area contributed by atoms with Gasteiger partial charge in [-0.2, -0.15) is 5.10 Å². The molecule has 1 aromatic carbocycles. The van der Waals surface area contributed by atoms with E-state index in [-0.39, 0.29) is 18.7 Å². The number of hydrogen-bond acceptors (Lipinski definition) is 5. The molecule has 2 aliphatic heterocycles. The third-order valence-corrected chi connectivity index (χ3v) is 4.78. The van der Waals surface area contributed by atoms with Crippen LogP contribution in [0.15, 0.2) is 40.8 Å². The molecule has 3 heterocycles. The van der Waals surface area contributed by atoms with Crippen LogP contribution in [-0.4, -0.2) is 23.4 Å². The molecule has 6 heteroatoms. The van der Waals surface area contributed by atoms with Gasteiger partial charge in [0, 0.05) is 23.8 Å². The molecule has 0 N–H and O–H groups in total. The molecule has 0 aliphatic carbocycles. The monoisotopic (exact) mass is 314 g/mol. The van der Waals surface area contributed by atoms with Crippen LogP contribution in [0.5, 0.6) is 11.5 Å². The molecule has 2 aromatic rings. The van der Waals surface area contributed by atoms with E-state index in [4.69, 9.17) is 9.47 Å². The molecule has 4 rings (SSSR count). The van der Waals surface area contributed by atoms with Gasteiger partial charge in [0.15, 0.2) is 11.5 Å². The predicted molar refractivity (Wildman–Crippen MR) is 83.3 cm³/mol. The Morgan fingerprint density at radius 1 is 1.32 bits per heavy atom. The minimum atomic E-state index is -0.0471. The number of hydrazone groups is 1. The maximum absolute atomic E-state index is 11.9. The molecule has 1 atom stereocenters. The number of thiophene rings is 1. The van der Waals surface area contributed by atoms with E-state index in [0.717, 1.165) is 27.7 Å². The fourth-order valence-corrected chi connectivity index (χ4v) is 3.57. The summed E-state index contributed by atoms with van der Waals surface area (Å²) in [6, 6.07) is 9.80. The minimum Gasteiger partial charge on any atom is -0.454 e. The minimum absolute atomic E-state index is 0.0158. The first kappa shape index (κ1) is 13.3. The number of ether oxygens (including phenoxy) is 2. The molecule has 22 heavy (non-hydrogen) atoms. The van der Waals surface area contributed by atoms with E-state index >= 15 is 0 Å². The van der Waals surface area contributed by atoms with Crippen molar-refractivity contribution < 1.29 is 14.3 Å². The summed E-state index contributed by atoms with van der Waals surface area (Å²) >= 11 is 1.65. The zero-order chi connectivity index (χ0) is 15.1. The SMILES string of the molecule is CC(=O)N1N=C(c2ccc3c(c2)OCO3)C[C@@H]1c1cccs1. The van der Waals surface area contributed by atoms with Gasteiger partial charge < -0.3 is 9.47 Å². The number of fused-ring (bicyclic) bond motifs is 1. The molecule has 112 valence electrons. The lowest BCUT2D eigenvalue weighted by atomic mass is 10.0. The Morgan fingerprint density at radius 3 is 2.95 bits per heavy atom. The Balaban J connectivity index is 1.68. The maximum Gasteiger partial charge on any atom is 0.240 e. The first-order chi connectivity index (χ1) is 10.7. The van der Waals surface area contributed by atoms with E-state index in [2.05, 4.69) is 5.10 Å². The lowest BCUT2D eigenvalue weighted by molar-refractivity contribution is -0.130. The van der Waals surface area contributed by atoms with Crippen LogP contribution in [0.25, 0.3) is 0 Å². The fourth-order valence-electron chi connectivity index (χ4n) is 2.75. The topological polar surface area (TPSA) is 51.1 Å². The van der Waals surface area contributed by atoms with Crippen LogP contribution in [0, 0.1) is 0 Å². The number of hydrogen-bond donors (Lipinski definition) is 0. The molecule has 1 amide bonds. The van der Waals surface area contributed by atoms with Crippen LogP contribution < -0.4 is 9.47 Å². The number of nitrogens with zero attached hydrogens (tertiary/aromatic N) is 2. The van der Waals surface area contributed by atoms with E-state index in [1.54, 1.807) is 23.3 Å². The number of carbonyl (C=O) groups is 1. The molecule has 2 aliphatic rings. The van der Waals surface area contributed by atoms with Gasteiger partial charge in [0.1, 0.15) is 0 Å². The first-order valence-electron chi connectivity index (χ1n) is 7.03. The van der Waals surface area contributed by atoms with Crippen LogP contribution in [0.4, 0.5) is 0 Å². The highest BCUT2D eigenvalue weighted by molar-refractivity contribution is 7.10. The van der Waals surface area contributed by atoms with Gasteiger partial charge >= 0.3 is 0 Å². The number of benzene rings is 1. The molecular formula is C16H14N2O3S. The molecule has 0 saturated carbocycles. The van der Waals surface area contributed by atoms with Gasteiger partial charge in [-0.25, -0.2) is 5.01 Å². The quantitative estimate of drug-likeness (QED) is 0.855. The molecule has 0 bridgehead atoms. The summed E-state index contributed by atoms with van der Waals surface area (Å²) in [5, 5.41) is 8.13. The van der Waals surface area contributed by atoms with E-state index < -0.39 is 0 Å². The molecule has 0 spiro atoms. The summed E-state index contributed by atoms with van der Waals surface area (Å²) in [4.78, 5) is 13.0. The van der Waals surface area contributed by atoms with Crippen molar-refractivity contribution in [2.75, 3.05) is 6.79 Å². The van der Waals surface area contributed by atoms with Gasteiger partial charge in [-0.15, -0.1) is 11.3 Å². The molecule has 5 nitrogen and oxygen atoms in total. The standard InChI is InChI=1S/C16H14N2O3S/c1-10(19)18-13(16-3-2-6-22-16)8-12(17-18)11-4-5-14-15(7-11)21-9-20-14/h2-7,13H,8-9H2,1H3/t13-/m1/s1. The first-order valence-corrected chi connectivity index (χ1v) is 7.91. The molecule has 0 fully saturated rings. The predicted octanol–water partition coefficient (Wildman–Crippen LogP) is 3.17. The number of amides is 1. The van der Waals surface area contributed by atoms with Crippen LogP contribution >= 0.6 is 11.3 Å². The lowest BCUT2D eigenvalue weighted by Gasteiger charge is -2.18. The average molecular weight is 314 g/mol. The highest BCUT2D eigenvalue weighted by Gasteiger charge is 2.32. The fraction of sp³-hybridized carbons (Fsp3) is 0.250. The van der Waals surface area contributed by atoms with Crippen molar-refractivity contribution in [3.63, 3.8) is 0 Å². The smallest absolute Gasteiger partial charge is 0.240 e. The zero-order valence-electron chi connectivity index (χ0n) is 12.0. The van der Waals surface area contributed by atoms with Crippen LogP contribution in [0.1, 0.15) is 29.8 Å². The summed E-state index contributed by atoms with van der Waals surface area (Å²) in [7, 11) is 0. The second-order valence-electron chi connectivity index (χ2n) is 5.21. The maximum atomic E-state index is 11.9. The Kier molecular flexibility index (Phi) is 3.11. The van der Waals surface area contributed by atoms with Crippen molar-refractivity contribution in [2.45, 2.75) is 19.4 Å². The molecular weight excluding hydrogens is 300 g/mol. The Morgan fingerprint density at radius 2 is 2.18 bits per heavy atom. The highest BCUT2D eigenvalue weighted by Crippen LogP contribution is 2.38. The summed E-state index contributed by atoms with van der Waals surface area (Å²) in [6.45, 7) is 1.80. The number of carbonyl (C=O) groups excluding carboxylic acids is 1. The van der Waals surface area contributed by atoms with Crippen molar-refractivity contribution in [1.82, 2.24) is 5.01 Å². The average Bonchev–Trinajstić information content (AvgIpc) is 3.25. The summed E-state index contributed by atoms with van der Waals surface area (Å²) in [6.07, 6.45) is 0.708. The second-order valence-corrected chi connectivity index (χ2v) is 6.19. The molecule has 1 aromatic heterocycles. The van der Waals surface area contributed by atoms with E-state index in [1.165, 1.54) is 0 Å². The van der Waals surface area contributed by atoms with Gasteiger partial charge in [-0.3, -0.25) is 4.79 Å². The van der Waals surface area contributed by atoms with Crippen LogP contribution in [0.3, 0.4) is 0 Å². The molecule has 0 saturated heterocycles. The zero-order valence-corrected chi connectivity index (χ0v) is 12.8. The van der Waals surface area contributed by atoms with Gasteiger partial charge in [0.25, 0.3) is 0 Å². The molecule has 0 radical (unpaired) electrons. The third-order valence-electron chi connectivity index (χ3n) is 3.81. The van der Waals surface area contributed by atoms with Crippen molar-refractivity contribution in [1.29, 1.82) is 0 Å². The lowest BCUT2D eigenvalue weighted by Crippen LogP contribution is -2.23. The van der Waals surface area contributed by atoms with Crippen LogP contribution in [-0.2, 0) is 4.79 Å². The number of rotatable bonds is 2. The third kappa shape index (κ3) is 2.16. The second kappa shape index (κ2) is 5.14. The summed E-state index contributed by atoms with van der Waals surface area (Å²) < 4.78 is 10.7. The van der Waals surface area contributed by atoms with Gasteiger partial charge in [-0.05, 0) is 29.6 Å².